The van der Waals surface area contributed by atoms with Crippen LogP contribution in [0.2, 0.25) is 0 Å². The normalized spacial score (nSPS) is 9.95. The second-order valence-corrected chi connectivity index (χ2v) is 4.25. The van der Waals surface area contributed by atoms with E-state index in [1.54, 1.807) is 19.1 Å². The molecule has 0 aliphatic heterocycles. The molecule has 0 spiro atoms. The SMILES string of the molecule is Cc1c(C=O)cccc1C(=O)Oc1ccccc1[N+](=O)[O-]. The van der Waals surface area contributed by atoms with Crippen molar-refractivity contribution in [3.05, 3.63) is 69.3 Å². The van der Waals surface area contributed by atoms with E-state index in [4.69, 9.17) is 4.74 Å². The number of para-hydroxylation sites is 2. The van der Waals surface area contributed by atoms with Gasteiger partial charge < -0.3 is 4.74 Å². The summed E-state index contributed by atoms with van der Waals surface area (Å²) in [5.74, 6) is -0.881. The van der Waals surface area contributed by atoms with Crippen LogP contribution in [0.4, 0.5) is 5.69 Å². The van der Waals surface area contributed by atoms with Crippen LogP contribution in [0.25, 0.3) is 0 Å². The van der Waals surface area contributed by atoms with E-state index in [1.807, 2.05) is 0 Å². The highest BCUT2D eigenvalue weighted by Crippen LogP contribution is 2.27. The van der Waals surface area contributed by atoms with Crippen LogP contribution >= 0.6 is 0 Å². The maximum Gasteiger partial charge on any atom is 0.344 e. The first-order chi connectivity index (χ1) is 10.0. The lowest BCUT2D eigenvalue weighted by Gasteiger charge is -2.08. The summed E-state index contributed by atoms with van der Waals surface area (Å²) in [6.45, 7) is 1.61. The van der Waals surface area contributed by atoms with Crippen molar-refractivity contribution >= 4 is 17.9 Å². The summed E-state index contributed by atoms with van der Waals surface area (Å²) in [7, 11) is 0. The number of rotatable bonds is 4. The molecule has 0 amide bonds. The van der Waals surface area contributed by atoms with Crippen LogP contribution in [-0.2, 0) is 0 Å². The average Bonchev–Trinajstić information content (AvgIpc) is 2.47. The fraction of sp³-hybridized carbons (Fsp3) is 0.0667. The minimum atomic E-state index is -0.745. The number of hydrogen-bond donors (Lipinski definition) is 0. The molecule has 2 aromatic carbocycles. The number of benzene rings is 2. The highest BCUT2D eigenvalue weighted by molar-refractivity contribution is 5.95. The van der Waals surface area contributed by atoms with Crippen molar-refractivity contribution in [3.63, 3.8) is 0 Å². The molecule has 21 heavy (non-hydrogen) atoms. The second-order valence-electron chi connectivity index (χ2n) is 4.25. The van der Waals surface area contributed by atoms with Gasteiger partial charge in [0.1, 0.15) is 6.29 Å². The van der Waals surface area contributed by atoms with E-state index in [9.17, 15) is 19.7 Å². The zero-order chi connectivity index (χ0) is 15.4. The second kappa shape index (κ2) is 5.96. The quantitative estimate of drug-likeness (QED) is 0.283. The molecule has 2 rings (SSSR count). The summed E-state index contributed by atoms with van der Waals surface area (Å²) >= 11 is 0. The predicted molar refractivity (Wildman–Crippen MR) is 74.6 cm³/mol. The number of nitrogens with zero attached hydrogens (tertiary/aromatic N) is 1. The Kier molecular flexibility index (Phi) is 4.08. The monoisotopic (exact) mass is 285 g/mol. The van der Waals surface area contributed by atoms with E-state index in [2.05, 4.69) is 0 Å². The van der Waals surface area contributed by atoms with Crippen molar-refractivity contribution in [1.29, 1.82) is 0 Å². The van der Waals surface area contributed by atoms with Gasteiger partial charge in [0.05, 0.1) is 10.5 Å². The Balaban J connectivity index is 2.35. The van der Waals surface area contributed by atoms with Crippen LogP contribution in [0, 0.1) is 17.0 Å². The zero-order valence-electron chi connectivity index (χ0n) is 11.1. The minimum absolute atomic E-state index is 0.136. The summed E-state index contributed by atoms with van der Waals surface area (Å²) < 4.78 is 5.08. The molecule has 0 bridgehead atoms. The van der Waals surface area contributed by atoms with Gasteiger partial charge in [-0.1, -0.05) is 24.3 Å². The van der Waals surface area contributed by atoms with Gasteiger partial charge in [0.2, 0.25) is 5.75 Å². The first kappa shape index (κ1) is 14.4. The van der Waals surface area contributed by atoms with Crippen molar-refractivity contribution in [2.75, 3.05) is 0 Å². The van der Waals surface area contributed by atoms with Gasteiger partial charge >= 0.3 is 11.7 Å². The highest BCUT2D eigenvalue weighted by atomic mass is 16.6. The molecule has 0 radical (unpaired) electrons. The molecule has 0 heterocycles. The Morgan fingerprint density at radius 1 is 1.19 bits per heavy atom. The first-order valence-electron chi connectivity index (χ1n) is 6.05. The number of nitro groups is 1. The standard InChI is InChI=1S/C15H11NO5/c1-10-11(9-17)5-4-6-12(10)15(18)21-14-8-3-2-7-13(14)16(19)20/h2-9H,1H3. The van der Waals surface area contributed by atoms with Crippen LogP contribution < -0.4 is 4.74 Å². The summed E-state index contributed by atoms with van der Waals surface area (Å²) in [6, 6.07) is 10.2. The lowest BCUT2D eigenvalue weighted by Crippen LogP contribution is -2.12. The van der Waals surface area contributed by atoms with Gasteiger partial charge in [0.15, 0.2) is 0 Å². The molecule has 106 valence electrons. The van der Waals surface area contributed by atoms with Crippen LogP contribution in [0.1, 0.15) is 26.3 Å². The summed E-state index contributed by atoms with van der Waals surface area (Å²) in [5.41, 5.74) is 0.732. The van der Waals surface area contributed by atoms with Crippen LogP contribution in [0.3, 0.4) is 0 Å². The Morgan fingerprint density at radius 2 is 1.90 bits per heavy atom. The summed E-state index contributed by atoms with van der Waals surface area (Å²) in [5, 5.41) is 10.9. The fourth-order valence-corrected chi connectivity index (χ4v) is 1.85. The molecule has 0 aliphatic rings. The molecular formula is C15H11NO5. The van der Waals surface area contributed by atoms with E-state index in [0.717, 1.165) is 0 Å². The summed E-state index contributed by atoms with van der Waals surface area (Å²) in [6.07, 6.45) is 0.636. The fourth-order valence-electron chi connectivity index (χ4n) is 1.85. The molecule has 2 aromatic rings. The molecule has 0 aliphatic carbocycles. The van der Waals surface area contributed by atoms with Gasteiger partial charge in [0, 0.05) is 11.6 Å². The number of hydrogen-bond acceptors (Lipinski definition) is 5. The van der Waals surface area contributed by atoms with Gasteiger partial charge in [-0.05, 0) is 24.6 Å². The molecule has 0 atom stereocenters. The average molecular weight is 285 g/mol. The molecule has 0 saturated carbocycles. The molecule has 0 N–H and O–H groups in total. The maximum absolute atomic E-state index is 12.1. The van der Waals surface area contributed by atoms with E-state index >= 15 is 0 Å². The maximum atomic E-state index is 12.1. The lowest BCUT2D eigenvalue weighted by molar-refractivity contribution is -0.385. The zero-order valence-corrected chi connectivity index (χ0v) is 11.1. The third-order valence-electron chi connectivity index (χ3n) is 2.99. The minimum Gasteiger partial charge on any atom is -0.416 e. The Hall–Kier alpha value is -3.02. The van der Waals surface area contributed by atoms with Crippen molar-refractivity contribution < 1.29 is 19.2 Å². The van der Waals surface area contributed by atoms with Gasteiger partial charge in [-0.25, -0.2) is 4.79 Å². The van der Waals surface area contributed by atoms with E-state index in [-0.39, 0.29) is 17.0 Å². The number of esters is 1. The predicted octanol–water partition coefficient (Wildman–Crippen LogP) is 2.93. The van der Waals surface area contributed by atoms with Crippen molar-refractivity contribution in [2.45, 2.75) is 6.92 Å². The highest BCUT2D eigenvalue weighted by Gasteiger charge is 2.19. The molecule has 0 unspecified atom stereocenters. The van der Waals surface area contributed by atoms with Crippen molar-refractivity contribution in [2.24, 2.45) is 0 Å². The third kappa shape index (κ3) is 2.94. The number of carbonyl (C=O) groups excluding carboxylic acids is 2. The van der Waals surface area contributed by atoms with Crippen LogP contribution in [-0.4, -0.2) is 17.2 Å². The molecule has 0 fully saturated rings. The Labute approximate surface area is 120 Å². The molecule has 6 nitrogen and oxygen atoms in total. The summed E-state index contributed by atoms with van der Waals surface area (Å²) in [4.78, 5) is 33.2. The van der Waals surface area contributed by atoms with Crippen molar-refractivity contribution in [1.82, 2.24) is 0 Å². The van der Waals surface area contributed by atoms with Crippen molar-refractivity contribution in [3.8, 4) is 5.75 Å². The van der Waals surface area contributed by atoms with Gasteiger partial charge in [-0.15, -0.1) is 0 Å². The van der Waals surface area contributed by atoms with Gasteiger partial charge in [0.25, 0.3) is 0 Å². The topological polar surface area (TPSA) is 86.5 Å². The molecule has 0 saturated heterocycles. The molecule has 0 aromatic heterocycles. The number of carbonyl (C=O) groups is 2. The molecule has 6 heteroatoms. The number of aldehydes is 1. The largest absolute Gasteiger partial charge is 0.416 e. The van der Waals surface area contributed by atoms with Crippen LogP contribution in [0.15, 0.2) is 42.5 Å². The third-order valence-corrected chi connectivity index (χ3v) is 2.99. The molecular weight excluding hydrogens is 274 g/mol. The smallest absolute Gasteiger partial charge is 0.344 e. The van der Waals surface area contributed by atoms with Gasteiger partial charge in [-0.2, -0.15) is 0 Å². The van der Waals surface area contributed by atoms with Gasteiger partial charge in [-0.3, -0.25) is 14.9 Å². The Bertz CT molecular complexity index is 724. The van der Waals surface area contributed by atoms with E-state index in [1.165, 1.54) is 30.3 Å². The number of nitro benzene ring substituents is 1. The van der Waals surface area contributed by atoms with E-state index in [0.29, 0.717) is 17.4 Å². The Morgan fingerprint density at radius 3 is 2.57 bits per heavy atom. The van der Waals surface area contributed by atoms with Crippen LogP contribution in [0.5, 0.6) is 5.75 Å². The van der Waals surface area contributed by atoms with E-state index < -0.39 is 10.9 Å². The number of ether oxygens (including phenoxy) is 1. The lowest BCUT2D eigenvalue weighted by atomic mass is 10.0. The first-order valence-corrected chi connectivity index (χ1v) is 6.05.